The van der Waals surface area contributed by atoms with Crippen LogP contribution in [0.15, 0.2) is 18.2 Å². The van der Waals surface area contributed by atoms with E-state index in [2.05, 4.69) is 9.80 Å². The molecule has 0 radical (unpaired) electrons. The number of hydrogen-bond acceptors (Lipinski definition) is 5. The van der Waals surface area contributed by atoms with E-state index in [-0.39, 0.29) is 0 Å². The summed E-state index contributed by atoms with van der Waals surface area (Å²) < 4.78 is 6.51. The molecule has 0 unspecified atom stereocenters. The van der Waals surface area contributed by atoms with Gasteiger partial charge in [-0.1, -0.05) is 87.3 Å². The van der Waals surface area contributed by atoms with Crippen molar-refractivity contribution in [2.45, 2.75) is 20.2 Å². The molecule has 2 heterocycles. The van der Waals surface area contributed by atoms with Crippen molar-refractivity contribution in [2.75, 3.05) is 57.4 Å². The van der Waals surface area contributed by atoms with Crippen LogP contribution in [-0.4, -0.2) is 82.1 Å². The highest BCUT2D eigenvalue weighted by atomic mass is 35.6. The maximum absolute atomic E-state index is 12.6. The highest BCUT2D eigenvalue weighted by Crippen LogP contribution is 2.45. The Balaban J connectivity index is 1.59. The van der Waals surface area contributed by atoms with Crippen LogP contribution in [0.25, 0.3) is 0 Å². The van der Waals surface area contributed by atoms with Gasteiger partial charge in [0.25, 0.3) is 0 Å². The number of morpholine rings is 1. The molecule has 0 aromatic heterocycles. The van der Waals surface area contributed by atoms with Crippen LogP contribution < -0.4 is 4.90 Å². The fourth-order valence-electron chi connectivity index (χ4n) is 3.59. The molecule has 13 heteroatoms. The van der Waals surface area contributed by atoms with Crippen LogP contribution in [-0.2, 0) is 16.0 Å². The SMILES string of the molecule is O=C(OC(C(Cl)(Cl)Cl)C(Cl)(Cl)Cl)N1CCN(Cc2ccc(Cl)cc2N2CCOCC2)CC1. The van der Waals surface area contributed by atoms with Gasteiger partial charge < -0.3 is 19.3 Å². The van der Waals surface area contributed by atoms with Crippen molar-refractivity contribution in [3.8, 4) is 0 Å². The van der Waals surface area contributed by atoms with E-state index in [0.717, 1.165) is 25.3 Å². The molecule has 1 aromatic rings. The van der Waals surface area contributed by atoms with Crippen molar-refractivity contribution in [1.82, 2.24) is 9.80 Å². The molecule has 0 spiro atoms. The lowest BCUT2D eigenvalue weighted by Gasteiger charge is -2.37. The fraction of sp³-hybridized carbons (Fsp3) is 0.632. The Morgan fingerprint density at radius 3 is 2.12 bits per heavy atom. The Kier molecular flexibility index (Phi) is 9.49. The molecule has 1 amide bonds. The Morgan fingerprint density at radius 2 is 1.56 bits per heavy atom. The number of halogens is 7. The van der Waals surface area contributed by atoms with Gasteiger partial charge in [-0.05, 0) is 17.7 Å². The lowest BCUT2D eigenvalue weighted by Crippen LogP contribution is -2.51. The van der Waals surface area contributed by atoms with E-state index in [1.807, 2.05) is 18.2 Å². The van der Waals surface area contributed by atoms with Crippen LogP contribution >= 0.6 is 81.2 Å². The lowest BCUT2D eigenvalue weighted by molar-refractivity contribution is 0.0472. The molecule has 0 N–H and O–H groups in total. The highest BCUT2D eigenvalue weighted by molar-refractivity contribution is 6.73. The molecule has 2 aliphatic heterocycles. The maximum atomic E-state index is 12.6. The number of carbonyl (C=O) groups excluding carboxylic acids is 1. The predicted octanol–water partition coefficient (Wildman–Crippen LogP) is 5.54. The smallest absolute Gasteiger partial charge is 0.410 e. The first-order valence-corrected chi connectivity index (χ1v) is 12.5. The molecule has 32 heavy (non-hydrogen) atoms. The number of rotatable bonds is 4. The first-order valence-electron chi connectivity index (χ1n) is 9.87. The average Bonchev–Trinajstić information content (AvgIpc) is 2.72. The molecule has 2 aliphatic rings. The van der Waals surface area contributed by atoms with Gasteiger partial charge in [0, 0.05) is 56.5 Å². The summed E-state index contributed by atoms with van der Waals surface area (Å²) in [5.74, 6) is 0. The summed E-state index contributed by atoms with van der Waals surface area (Å²) in [7, 11) is 0. The Hall–Kier alpha value is 0.240. The van der Waals surface area contributed by atoms with Crippen molar-refractivity contribution >= 4 is 93.0 Å². The van der Waals surface area contributed by atoms with Crippen LogP contribution in [0, 0.1) is 0 Å². The van der Waals surface area contributed by atoms with Gasteiger partial charge in [-0.15, -0.1) is 0 Å². The average molecular weight is 589 g/mol. The number of alkyl halides is 6. The van der Waals surface area contributed by atoms with Crippen molar-refractivity contribution in [3.05, 3.63) is 28.8 Å². The highest BCUT2D eigenvalue weighted by Gasteiger charge is 2.50. The summed E-state index contributed by atoms with van der Waals surface area (Å²) in [4.78, 5) is 18.6. The first kappa shape index (κ1) is 26.8. The first-order chi connectivity index (χ1) is 14.9. The summed E-state index contributed by atoms with van der Waals surface area (Å²) in [6, 6.07) is 5.92. The molecule has 3 rings (SSSR count). The van der Waals surface area contributed by atoms with Crippen molar-refractivity contribution in [1.29, 1.82) is 0 Å². The van der Waals surface area contributed by atoms with Gasteiger partial charge in [-0.3, -0.25) is 4.90 Å². The second kappa shape index (κ2) is 11.3. The fourth-order valence-corrected chi connectivity index (χ4v) is 5.51. The van der Waals surface area contributed by atoms with Crippen LogP contribution in [0.5, 0.6) is 0 Å². The Bertz CT molecular complexity index is 775. The lowest BCUT2D eigenvalue weighted by atomic mass is 10.1. The largest absolute Gasteiger partial charge is 0.437 e. The quantitative estimate of drug-likeness (QED) is 0.433. The third-order valence-corrected chi connectivity index (χ3v) is 6.66. The van der Waals surface area contributed by atoms with Crippen LogP contribution in [0.1, 0.15) is 5.56 Å². The normalized spacial score (nSPS) is 18.9. The monoisotopic (exact) mass is 585 g/mol. The molecule has 0 aliphatic carbocycles. The van der Waals surface area contributed by atoms with Crippen molar-refractivity contribution in [3.63, 3.8) is 0 Å². The van der Waals surface area contributed by atoms with Gasteiger partial charge in [0.1, 0.15) is 0 Å². The van der Waals surface area contributed by atoms with Crippen LogP contribution in [0.2, 0.25) is 5.02 Å². The number of anilines is 1. The van der Waals surface area contributed by atoms with Crippen molar-refractivity contribution in [2.24, 2.45) is 0 Å². The standard InChI is InChI=1S/C19H22Cl7N3O3/c20-14-2-1-13(15(11-14)28-7-9-31-10-8-28)12-27-3-5-29(6-4-27)17(30)32-16(18(21,22)23)19(24,25)26/h1-2,11,16H,3-10,12H2. The molecule has 0 saturated carbocycles. The van der Waals surface area contributed by atoms with E-state index in [4.69, 9.17) is 90.7 Å². The Labute approximate surface area is 222 Å². The summed E-state index contributed by atoms with van der Waals surface area (Å²) in [6.45, 7) is 5.85. The molecule has 6 nitrogen and oxygen atoms in total. The van der Waals surface area contributed by atoms with Gasteiger partial charge in [-0.25, -0.2) is 4.79 Å². The predicted molar refractivity (Wildman–Crippen MR) is 132 cm³/mol. The third-order valence-electron chi connectivity index (χ3n) is 5.24. The molecule has 2 saturated heterocycles. The zero-order valence-corrected chi connectivity index (χ0v) is 22.2. The number of nitrogens with zero attached hydrogens (tertiary/aromatic N) is 3. The minimum absolute atomic E-state index is 0.422. The maximum Gasteiger partial charge on any atom is 0.410 e. The molecular weight excluding hydrogens is 566 g/mol. The van der Waals surface area contributed by atoms with E-state index in [0.29, 0.717) is 44.4 Å². The van der Waals surface area contributed by atoms with E-state index >= 15 is 0 Å². The number of hydrogen-bond donors (Lipinski definition) is 0. The van der Waals surface area contributed by atoms with Crippen LogP contribution in [0.3, 0.4) is 0 Å². The number of amides is 1. The van der Waals surface area contributed by atoms with Gasteiger partial charge in [0.05, 0.1) is 13.2 Å². The summed E-state index contributed by atoms with van der Waals surface area (Å²) in [5, 5.41) is 0.695. The summed E-state index contributed by atoms with van der Waals surface area (Å²) >= 11 is 41.2. The molecule has 1 aromatic carbocycles. The van der Waals surface area contributed by atoms with Gasteiger partial charge in [0.2, 0.25) is 7.59 Å². The molecule has 2 fully saturated rings. The number of benzene rings is 1. The van der Waals surface area contributed by atoms with E-state index in [1.54, 1.807) is 0 Å². The number of piperazine rings is 1. The number of carbonyl (C=O) groups is 1. The van der Waals surface area contributed by atoms with Crippen LogP contribution in [0.4, 0.5) is 10.5 Å². The minimum atomic E-state index is -2.09. The molecular formula is C19H22Cl7N3O3. The Morgan fingerprint density at radius 1 is 0.969 bits per heavy atom. The van der Waals surface area contributed by atoms with Gasteiger partial charge in [0.15, 0.2) is 6.10 Å². The van der Waals surface area contributed by atoms with Gasteiger partial charge in [-0.2, -0.15) is 0 Å². The van der Waals surface area contributed by atoms with Crippen molar-refractivity contribution < 1.29 is 14.3 Å². The number of ether oxygens (including phenoxy) is 2. The molecule has 0 bridgehead atoms. The summed E-state index contributed by atoms with van der Waals surface area (Å²) in [5.41, 5.74) is 2.27. The second-order valence-corrected chi connectivity index (χ2v) is 12.7. The zero-order valence-electron chi connectivity index (χ0n) is 16.9. The second-order valence-electron chi connectivity index (χ2n) is 7.48. The minimum Gasteiger partial charge on any atom is -0.437 e. The van der Waals surface area contributed by atoms with Gasteiger partial charge >= 0.3 is 6.09 Å². The molecule has 0 atom stereocenters. The van der Waals surface area contributed by atoms with E-state index < -0.39 is 19.8 Å². The third kappa shape index (κ3) is 7.37. The van der Waals surface area contributed by atoms with E-state index in [9.17, 15) is 4.79 Å². The molecule has 180 valence electrons. The summed E-state index contributed by atoms with van der Waals surface area (Å²) in [6.07, 6.45) is -2.26. The topological polar surface area (TPSA) is 45.2 Å². The van der Waals surface area contributed by atoms with E-state index in [1.165, 1.54) is 10.5 Å². The zero-order chi connectivity index (χ0) is 23.5.